The summed E-state index contributed by atoms with van der Waals surface area (Å²) in [5, 5.41) is 7.74. The van der Waals surface area contributed by atoms with Crippen LogP contribution in [0.15, 0.2) is 182 Å². The van der Waals surface area contributed by atoms with Crippen molar-refractivity contribution < 1.29 is 0 Å². The largest absolute Gasteiger partial charge is 0.309 e. The summed E-state index contributed by atoms with van der Waals surface area (Å²) < 4.78 is 7.58. The predicted octanol–water partition coefficient (Wildman–Crippen LogP) is 13.6. The van der Waals surface area contributed by atoms with Gasteiger partial charge in [0.1, 0.15) is 0 Å². The molecule has 0 saturated heterocycles. The van der Waals surface area contributed by atoms with Crippen LogP contribution in [0.25, 0.3) is 97.4 Å². The SMILES string of the molecule is c1ccc(-c2ccc(-c3cccc(-n4c5ccccc5c5c6c7ccccc7n(-c7cccc8sc9ccccc9c78)c6ccc54)c3)cc2)cc1. The van der Waals surface area contributed by atoms with Crippen molar-refractivity contribution >= 4 is 75.1 Å². The van der Waals surface area contributed by atoms with E-state index in [0.29, 0.717) is 0 Å². The number of benzene rings is 8. The molecule has 3 aromatic heterocycles. The second-order valence-corrected chi connectivity index (χ2v) is 14.4. The molecule has 2 nitrogen and oxygen atoms in total. The molecule has 11 rings (SSSR count). The van der Waals surface area contributed by atoms with Gasteiger partial charge in [-0.15, -0.1) is 11.3 Å². The topological polar surface area (TPSA) is 9.86 Å². The van der Waals surface area contributed by atoms with Gasteiger partial charge >= 0.3 is 0 Å². The molecule has 3 heteroatoms. The highest BCUT2D eigenvalue weighted by Gasteiger charge is 2.22. The normalized spacial score (nSPS) is 11.9. The summed E-state index contributed by atoms with van der Waals surface area (Å²) in [7, 11) is 0. The summed E-state index contributed by atoms with van der Waals surface area (Å²) in [4.78, 5) is 0. The molecule has 0 spiro atoms. The van der Waals surface area contributed by atoms with E-state index in [4.69, 9.17) is 0 Å². The summed E-state index contributed by atoms with van der Waals surface area (Å²) >= 11 is 1.87. The van der Waals surface area contributed by atoms with Crippen molar-refractivity contribution in [1.29, 1.82) is 0 Å². The second-order valence-electron chi connectivity index (χ2n) is 13.3. The molecule has 0 aliphatic rings. The Morgan fingerprint density at radius 1 is 0.314 bits per heavy atom. The number of hydrogen-bond donors (Lipinski definition) is 0. The minimum Gasteiger partial charge on any atom is -0.309 e. The zero-order valence-corrected chi connectivity index (χ0v) is 28.4. The van der Waals surface area contributed by atoms with E-state index in [1.165, 1.54) is 91.7 Å². The molecule has 0 unspecified atom stereocenters. The molecule has 3 heterocycles. The summed E-state index contributed by atoms with van der Waals surface area (Å²) in [6.07, 6.45) is 0. The van der Waals surface area contributed by atoms with Gasteiger partial charge in [0.05, 0.1) is 27.8 Å². The Morgan fingerprint density at radius 2 is 0.843 bits per heavy atom. The van der Waals surface area contributed by atoms with Gasteiger partial charge in [-0.25, -0.2) is 0 Å². The Balaban J connectivity index is 1.16. The number of hydrogen-bond acceptors (Lipinski definition) is 1. The highest BCUT2D eigenvalue weighted by atomic mass is 32.1. The fourth-order valence-corrected chi connectivity index (χ4v) is 9.44. The van der Waals surface area contributed by atoms with Crippen molar-refractivity contribution in [2.75, 3.05) is 0 Å². The Labute approximate surface area is 298 Å². The number of thiophene rings is 1. The summed E-state index contributed by atoms with van der Waals surface area (Å²) in [5.41, 5.74) is 12.1. The standard InChI is InChI=1S/C48H30N2S/c1-2-12-31(13-3-1)32-24-26-33(27-25-32)34-14-10-15-35(30-34)49-39-19-7-4-16-36(39)47-42(49)28-29-43-48(47)37-17-5-8-20-40(37)50(43)41-21-11-23-45-46(41)38-18-6-9-22-44(38)51-45/h1-30H. The summed E-state index contributed by atoms with van der Waals surface area (Å²) in [5.74, 6) is 0. The van der Waals surface area contributed by atoms with Crippen molar-refractivity contribution in [2.45, 2.75) is 0 Å². The van der Waals surface area contributed by atoms with E-state index in [1.807, 2.05) is 11.3 Å². The lowest BCUT2D eigenvalue weighted by molar-refractivity contribution is 1.18. The van der Waals surface area contributed by atoms with E-state index in [2.05, 4.69) is 191 Å². The number of aromatic nitrogens is 2. The molecule has 0 aliphatic carbocycles. The van der Waals surface area contributed by atoms with E-state index in [1.54, 1.807) is 0 Å². The molecule has 238 valence electrons. The van der Waals surface area contributed by atoms with Crippen LogP contribution in [-0.2, 0) is 0 Å². The molecule has 0 N–H and O–H groups in total. The van der Waals surface area contributed by atoms with Crippen LogP contribution in [0.4, 0.5) is 0 Å². The average Bonchev–Trinajstić information content (AvgIpc) is 3.86. The molecular formula is C48H30N2S. The van der Waals surface area contributed by atoms with Gasteiger partial charge in [0.15, 0.2) is 0 Å². The Hall–Kier alpha value is -6.42. The number of nitrogens with zero attached hydrogens (tertiary/aromatic N) is 2. The summed E-state index contributed by atoms with van der Waals surface area (Å²) in [6, 6.07) is 66.5. The highest BCUT2D eigenvalue weighted by Crippen LogP contribution is 2.45. The first-order valence-corrected chi connectivity index (χ1v) is 18.3. The lowest BCUT2D eigenvalue weighted by Crippen LogP contribution is -1.95. The number of para-hydroxylation sites is 2. The molecule has 11 aromatic rings. The molecule has 51 heavy (non-hydrogen) atoms. The maximum Gasteiger partial charge on any atom is 0.0555 e. The van der Waals surface area contributed by atoms with Crippen LogP contribution in [0.3, 0.4) is 0 Å². The van der Waals surface area contributed by atoms with Gasteiger partial charge in [-0.05, 0) is 76.9 Å². The van der Waals surface area contributed by atoms with Crippen molar-refractivity contribution in [3.63, 3.8) is 0 Å². The van der Waals surface area contributed by atoms with Crippen molar-refractivity contribution in [3.8, 4) is 33.6 Å². The van der Waals surface area contributed by atoms with Gasteiger partial charge in [0.2, 0.25) is 0 Å². The third kappa shape index (κ3) is 4.22. The molecule has 0 fully saturated rings. The minimum absolute atomic E-state index is 1.16. The van der Waals surface area contributed by atoms with Gasteiger partial charge in [0.25, 0.3) is 0 Å². The van der Waals surface area contributed by atoms with Crippen molar-refractivity contribution in [2.24, 2.45) is 0 Å². The van der Waals surface area contributed by atoms with E-state index in [9.17, 15) is 0 Å². The monoisotopic (exact) mass is 666 g/mol. The Kier molecular flexibility index (Phi) is 6.16. The van der Waals surface area contributed by atoms with E-state index < -0.39 is 0 Å². The molecule has 0 aliphatic heterocycles. The van der Waals surface area contributed by atoms with Crippen molar-refractivity contribution in [3.05, 3.63) is 182 Å². The fourth-order valence-electron chi connectivity index (χ4n) is 8.31. The highest BCUT2D eigenvalue weighted by molar-refractivity contribution is 7.25. The van der Waals surface area contributed by atoms with Gasteiger partial charge in [-0.3, -0.25) is 0 Å². The molecule has 0 amide bonds. The van der Waals surface area contributed by atoms with Crippen molar-refractivity contribution in [1.82, 2.24) is 9.13 Å². The number of fused-ring (bicyclic) bond motifs is 10. The Bertz CT molecular complexity index is 3120. The first-order chi connectivity index (χ1) is 25.3. The van der Waals surface area contributed by atoms with Crippen LogP contribution >= 0.6 is 11.3 Å². The van der Waals surface area contributed by atoms with Gasteiger partial charge in [-0.1, -0.05) is 127 Å². The zero-order valence-electron chi connectivity index (χ0n) is 27.6. The fraction of sp³-hybridized carbons (Fsp3) is 0. The molecule has 0 saturated carbocycles. The third-order valence-electron chi connectivity index (χ3n) is 10.5. The van der Waals surface area contributed by atoms with Crippen LogP contribution in [-0.4, -0.2) is 9.13 Å². The maximum absolute atomic E-state index is 2.50. The van der Waals surface area contributed by atoms with Gasteiger partial charge in [-0.2, -0.15) is 0 Å². The zero-order chi connectivity index (χ0) is 33.5. The van der Waals surface area contributed by atoms with Crippen LogP contribution in [0, 0.1) is 0 Å². The van der Waals surface area contributed by atoms with E-state index in [-0.39, 0.29) is 0 Å². The average molecular weight is 667 g/mol. The summed E-state index contributed by atoms with van der Waals surface area (Å²) in [6.45, 7) is 0. The van der Waals surface area contributed by atoms with Crippen LogP contribution < -0.4 is 0 Å². The first-order valence-electron chi connectivity index (χ1n) is 17.4. The smallest absolute Gasteiger partial charge is 0.0555 e. The first kappa shape index (κ1) is 28.4. The maximum atomic E-state index is 2.50. The molecule has 8 aromatic carbocycles. The molecule has 0 bridgehead atoms. The molecule has 0 atom stereocenters. The van der Waals surface area contributed by atoms with E-state index in [0.717, 1.165) is 5.69 Å². The van der Waals surface area contributed by atoms with Crippen LogP contribution in [0.1, 0.15) is 0 Å². The van der Waals surface area contributed by atoms with Crippen LogP contribution in [0.5, 0.6) is 0 Å². The lowest BCUT2D eigenvalue weighted by atomic mass is 10.00. The van der Waals surface area contributed by atoms with E-state index >= 15 is 0 Å². The Morgan fingerprint density at radius 3 is 1.59 bits per heavy atom. The minimum atomic E-state index is 1.16. The molecule has 0 radical (unpaired) electrons. The van der Waals surface area contributed by atoms with Gasteiger partial charge < -0.3 is 9.13 Å². The third-order valence-corrected chi connectivity index (χ3v) is 11.7. The van der Waals surface area contributed by atoms with Gasteiger partial charge in [0, 0.05) is 47.4 Å². The van der Waals surface area contributed by atoms with Crippen LogP contribution in [0.2, 0.25) is 0 Å². The number of rotatable bonds is 4. The molecular weight excluding hydrogens is 637 g/mol. The predicted molar refractivity (Wildman–Crippen MR) is 219 cm³/mol. The second kappa shape index (κ2) is 11.0. The lowest BCUT2D eigenvalue weighted by Gasteiger charge is -2.12. The quantitative estimate of drug-likeness (QED) is 0.177.